The smallest absolute Gasteiger partial charge is 0 e. The van der Waals surface area contributed by atoms with Gasteiger partial charge in [-0.05, 0) is 0 Å². The Balaban J connectivity index is -0.000000320. The van der Waals surface area contributed by atoms with Crippen LogP contribution in [0.1, 0.15) is 40.5 Å². The van der Waals surface area contributed by atoms with Crippen LogP contribution in [0.15, 0.2) is 0 Å². The first-order valence-corrected chi connectivity index (χ1v) is 4.01. The summed E-state index contributed by atoms with van der Waals surface area (Å²) in [6.45, 7) is 9.02. The maximum atomic E-state index is 2.33. The number of hydrogen-bond donors (Lipinski definition) is 0. The third kappa shape index (κ3) is 9.01. The van der Waals surface area contributed by atoms with Crippen molar-refractivity contribution in [1.29, 1.82) is 0 Å². The predicted octanol–water partition coefficient (Wildman–Crippen LogP) is 3.73. The fourth-order valence-electron chi connectivity index (χ4n) is 1.05. The van der Waals surface area contributed by atoms with Crippen molar-refractivity contribution in [2.75, 3.05) is 0 Å². The molecule has 1 radical (unpaired) electrons. The van der Waals surface area contributed by atoms with Gasteiger partial charge < -0.3 is 13.8 Å². The van der Waals surface area contributed by atoms with Gasteiger partial charge in [-0.25, -0.2) is 0 Å². The van der Waals surface area contributed by atoms with Gasteiger partial charge in [-0.2, -0.15) is 12.8 Å². The van der Waals surface area contributed by atoms with Gasteiger partial charge in [0, 0.05) is 32.7 Å². The van der Waals surface area contributed by atoms with E-state index in [1.54, 1.807) is 0 Å². The summed E-state index contributed by atoms with van der Waals surface area (Å²) >= 11 is 0. The van der Waals surface area contributed by atoms with Crippen LogP contribution in [-0.2, 0) is 32.7 Å². The summed E-state index contributed by atoms with van der Waals surface area (Å²) in [5, 5.41) is 0. The maximum Gasteiger partial charge on any atom is 0 e. The topological polar surface area (TPSA) is 0 Å². The second-order valence-corrected chi connectivity index (χ2v) is 2.96. The molecular weight excluding hydrogens is 209 g/mol. The molecule has 0 aliphatic heterocycles. The van der Waals surface area contributed by atoms with Gasteiger partial charge in [0.15, 0.2) is 0 Å². The first-order chi connectivity index (χ1) is 4.22. The van der Waals surface area contributed by atoms with Crippen LogP contribution in [-0.4, -0.2) is 0 Å². The van der Waals surface area contributed by atoms with Crippen LogP contribution in [0.2, 0.25) is 0 Å². The molecule has 67 valence electrons. The molecule has 11 heavy (non-hydrogen) atoms. The van der Waals surface area contributed by atoms with Crippen molar-refractivity contribution < 1.29 is 32.7 Å². The van der Waals surface area contributed by atoms with Gasteiger partial charge in [-0.1, -0.05) is 39.5 Å². The summed E-state index contributed by atoms with van der Waals surface area (Å²) in [4.78, 5) is 0. The summed E-state index contributed by atoms with van der Waals surface area (Å²) in [5.41, 5.74) is 0. The Morgan fingerprint density at radius 3 is 2.00 bits per heavy atom. The molecule has 0 rings (SSSR count). The normalized spacial score (nSPS) is 14.2. The molecule has 0 fully saturated rings. The predicted molar refractivity (Wildman–Crippen MR) is 49.6 cm³/mol. The second-order valence-electron chi connectivity index (χ2n) is 2.96. The fraction of sp³-hybridized carbons (Fsp3) is 0.800. The fourth-order valence-corrected chi connectivity index (χ4v) is 1.05. The zero-order chi connectivity index (χ0) is 7.28. The summed E-state index contributed by atoms with van der Waals surface area (Å²) in [5.74, 6) is 1.67. The SMILES string of the molecule is C[CH-][C@H](C)C(C)CCC.[CH3-].[Y]. The van der Waals surface area contributed by atoms with Crippen molar-refractivity contribution in [2.45, 2.75) is 40.5 Å². The van der Waals surface area contributed by atoms with Crippen LogP contribution < -0.4 is 0 Å². The van der Waals surface area contributed by atoms with Crippen LogP contribution in [0, 0.1) is 25.7 Å². The standard InChI is InChI=1S/C9H19.CH3.Y/c1-5-7-9(4)8(3)6-2;;/h6,8-9H,5,7H2,1-4H3;1H3;/q2*-1;/t8-,9?;;/m0../s1. The molecule has 0 bridgehead atoms. The molecule has 0 heterocycles. The molecule has 0 amide bonds. The Labute approximate surface area is 98.4 Å². The number of hydrogen-bond acceptors (Lipinski definition) is 0. The van der Waals surface area contributed by atoms with E-state index in [2.05, 4.69) is 34.1 Å². The molecule has 0 saturated carbocycles. The first-order valence-electron chi connectivity index (χ1n) is 4.01. The Morgan fingerprint density at radius 2 is 1.73 bits per heavy atom. The van der Waals surface area contributed by atoms with Crippen LogP contribution in [0.3, 0.4) is 0 Å². The molecule has 1 heteroatoms. The van der Waals surface area contributed by atoms with E-state index in [0.29, 0.717) is 0 Å². The van der Waals surface area contributed by atoms with E-state index in [4.69, 9.17) is 0 Å². The zero-order valence-corrected chi connectivity index (χ0v) is 11.6. The van der Waals surface area contributed by atoms with Crippen LogP contribution >= 0.6 is 0 Å². The van der Waals surface area contributed by atoms with E-state index in [1.807, 2.05) is 0 Å². The Kier molecular flexibility index (Phi) is 18.2. The van der Waals surface area contributed by atoms with E-state index < -0.39 is 0 Å². The Bertz CT molecular complexity index is 61.9. The zero-order valence-electron chi connectivity index (χ0n) is 8.72. The first kappa shape index (κ1) is 18.0. The van der Waals surface area contributed by atoms with Gasteiger partial charge in [-0.3, -0.25) is 0 Å². The average molecular weight is 231 g/mol. The van der Waals surface area contributed by atoms with E-state index in [1.165, 1.54) is 12.8 Å². The minimum absolute atomic E-state index is 0. The van der Waals surface area contributed by atoms with Gasteiger partial charge in [0.05, 0.1) is 0 Å². The van der Waals surface area contributed by atoms with Gasteiger partial charge in [0.1, 0.15) is 0 Å². The summed E-state index contributed by atoms with van der Waals surface area (Å²) < 4.78 is 0. The minimum atomic E-state index is 0. The summed E-state index contributed by atoms with van der Waals surface area (Å²) in [6, 6.07) is 0. The molecule has 0 aromatic carbocycles. The second kappa shape index (κ2) is 11.1. The van der Waals surface area contributed by atoms with Crippen molar-refractivity contribution in [2.24, 2.45) is 11.8 Å². The molecule has 2 atom stereocenters. The average Bonchev–Trinajstić information content (AvgIpc) is 1.87. The molecule has 0 spiro atoms. The molecular formula is C10H22Y-2. The number of rotatable bonds is 4. The molecule has 0 aromatic heterocycles. The molecule has 0 saturated heterocycles. The van der Waals surface area contributed by atoms with Gasteiger partial charge in [0.2, 0.25) is 0 Å². The monoisotopic (exact) mass is 231 g/mol. The quantitative estimate of drug-likeness (QED) is 0.647. The van der Waals surface area contributed by atoms with Crippen LogP contribution in [0.25, 0.3) is 0 Å². The largest absolute Gasteiger partial charge is 0.358 e. The molecule has 0 aliphatic rings. The summed E-state index contributed by atoms with van der Waals surface area (Å²) in [6.07, 6.45) is 4.98. The Hall–Kier alpha value is 1.10. The third-order valence-electron chi connectivity index (χ3n) is 2.17. The maximum absolute atomic E-state index is 2.33. The van der Waals surface area contributed by atoms with Crippen molar-refractivity contribution in [3.63, 3.8) is 0 Å². The summed E-state index contributed by atoms with van der Waals surface area (Å²) in [7, 11) is 0. The van der Waals surface area contributed by atoms with Crippen LogP contribution in [0.4, 0.5) is 0 Å². The van der Waals surface area contributed by atoms with E-state index in [0.717, 1.165) is 11.8 Å². The minimum Gasteiger partial charge on any atom is -0.358 e. The van der Waals surface area contributed by atoms with Gasteiger partial charge in [-0.15, -0.1) is 0 Å². The van der Waals surface area contributed by atoms with Gasteiger partial charge >= 0.3 is 0 Å². The van der Waals surface area contributed by atoms with E-state index in [-0.39, 0.29) is 40.1 Å². The van der Waals surface area contributed by atoms with Crippen molar-refractivity contribution in [3.05, 3.63) is 13.8 Å². The van der Waals surface area contributed by atoms with Crippen molar-refractivity contribution in [3.8, 4) is 0 Å². The van der Waals surface area contributed by atoms with Crippen molar-refractivity contribution >= 4 is 0 Å². The Morgan fingerprint density at radius 1 is 1.27 bits per heavy atom. The van der Waals surface area contributed by atoms with Crippen molar-refractivity contribution in [1.82, 2.24) is 0 Å². The third-order valence-corrected chi connectivity index (χ3v) is 2.17. The molecule has 0 nitrogen and oxygen atoms in total. The van der Waals surface area contributed by atoms with E-state index >= 15 is 0 Å². The molecule has 0 aliphatic carbocycles. The van der Waals surface area contributed by atoms with Crippen LogP contribution in [0.5, 0.6) is 0 Å². The molecule has 0 aromatic rings. The van der Waals surface area contributed by atoms with E-state index in [9.17, 15) is 0 Å². The molecule has 1 unspecified atom stereocenters. The van der Waals surface area contributed by atoms with Gasteiger partial charge in [0.25, 0.3) is 0 Å². The molecule has 0 N–H and O–H groups in total.